The Kier molecular flexibility index (Phi) is 9.71. The highest BCUT2D eigenvalue weighted by Gasteiger charge is 2.25. The number of nitrogens with two attached hydrogens (primary N) is 2. The number of benzene rings is 2. The fourth-order valence-corrected chi connectivity index (χ4v) is 6.24. The average molecular weight is 747 g/mol. The largest absolute Gasteiger partial charge is 0.366 e. The first-order chi connectivity index (χ1) is 25.7. The van der Waals surface area contributed by atoms with E-state index < -0.39 is 23.6 Å². The van der Waals surface area contributed by atoms with Crippen molar-refractivity contribution in [2.75, 3.05) is 10.6 Å². The molecule has 4 amide bonds. The maximum Gasteiger partial charge on any atom is 0.276 e. The molecule has 55 heavy (non-hydrogen) atoms. The second-order valence-electron chi connectivity index (χ2n) is 15.6. The van der Waals surface area contributed by atoms with Gasteiger partial charge in [-0.1, -0.05) is 53.7 Å². The Morgan fingerprint density at radius 1 is 0.673 bits per heavy atom. The normalized spacial score (nSPS) is 12.2. The number of carbonyl (C=O) groups is 4. The molecule has 6 rings (SSSR count). The summed E-state index contributed by atoms with van der Waals surface area (Å²) in [4.78, 5) is 60.7. The van der Waals surface area contributed by atoms with Gasteiger partial charge in [-0.05, 0) is 55.0 Å². The van der Waals surface area contributed by atoms with Crippen LogP contribution >= 0.6 is 0 Å². The van der Waals surface area contributed by atoms with Gasteiger partial charge in [0, 0.05) is 49.1 Å². The third-order valence-electron chi connectivity index (χ3n) is 9.30. The number of allylic oxidation sites excluding steroid dienone is 2. The van der Waals surface area contributed by atoms with Crippen molar-refractivity contribution in [3.05, 3.63) is 94.1 Å². The minimum atomic E-state index is -0.599. The van der Waals surface area contributed by atoms with Crippen molar-refractivity contribution in [2.45, 2.75) is 72.4 Å². The summed E-state index contributed by atoms with van der Waals surface area (Å²) >= 11 is 0. The average Bonchev–Trinajstić information content (AvgIpc) is 3.85. The van der Waals surface area contributed by atoms with E-state index in [9.17, 15) is 19.2 Å². The van der Waals surface area contributed by atoms with E-state index in [4.69, 9.17) is 16.5 Å². The van der Waals surface area contributed by atoms with E-state index in [1.807, 2.05) is 69.8 Å². The molecule has 0 saturated heterocycles. The quantitative estimate of drug-likeness (QED) is 0.144. The van der Waals surface area contributed by atoms with Gasteiger partial charge in [0.25, 0.3) is 11.8 Å². The highest BCUT2D eigenvalue weighted by atomic mass is 16.2. The molecule has 0 aliphatic rings. The number of anilines is 2. The van der Waals surface area contributed by atoms with Gasteiger partial charge in [-0.3, -0.25) is 39.2 Å². The number of nitrogens with zero attached hydrogens (tertiary/aromatic N) is 8. The van der Waals surface area contributed by atoms with Crippen LogP contribution in [0.25, 0.3) is 22.1 Å². The predicted molar refractivity (Wildman–Crippen MR) is 210 cm³/mol. The lowest BCUT2D eigenvalue weighted by Crippen LogP contribution is -2.19. The van der Waals surface area contributed by atoms with Crippen molar-refractivity contribution in [2.24, 2.45) is 25.6 Å². The summed E-state index contributed by atoms with van der Waals surface area (Å²) in [5, 5.41) is 14.9. The number of hydrogen-bond acceptors (Lipinski definition) is 8. The molecule has 0 spiro atoms. The van der Waals surface area contributed by atoms with Gasteiger partial charge < -0.3 is 20.6 Å². The number of nitrogens with one attached hydrogen (secondary N) is 2. The van der Waals surface area contributed by atoms with E-state index >= 15 is 0 Å². The van der Waals surface area contributed by atoms with Crippen molar-refractivity contribution in [3.63, 3.8) is 0 Å². The van der Waals surface area contributed by atoms with Crippen molar-refractivity contribution >= 4 is 57.6 Å². The molecule has 0 unspecified atom stereocenters. The second-order valence-corrected chi connectivity index (χ2v) is 15.6. The third-order valence-corrected chi connectivity index (χ3v) is 9.30. The Morgan fingerprint density at radius 2 is 1.15 bits per heavy atom. The number of rotatable bonds is 10. The van der Waals surface area contributed by atoms with Gasteiger partial charge >= 0.3 is 0 Å². The lowest BCUT2D eigenvalue weighted by atomic mass is 9.92. The summed E-state index contributed by atoms with van der Waals surface area (Å²) in [6, 6.07) is 11.7. The van der Waals surface area contributed by atoms with Crippen LogP contribution in [0.5, 0.6) is 0 Å². The minimum Gasteiger partial charge on any atom is -0.366 e. The zero-order chi connectivity index (χ0) is 40.1. The van der Waals surface area contributed by atoms with Crippen molar-refractivity contribution < 1.29 is 19.2 Å². The number of aryl methyl sites for hydroxylation is 3. The summed E-state index contributed by atoms with van der Waals surface area (Å²) in [5.74, 6) is -1.47. The van der Waals surface area contributed by atoms with Crippen LogP contribution in [0, 0.1) is 6.92 Å². The molecule has 16 nitrogen and oxygen atoms in total. The van der Waals surface area contributed by atoms with E-state index in [2.05, 4.69) is 25.8 Å². The Balaban J connectivity index is 1.34. The van der Waals surface area contributed by atoms with Crippen LogP contribution in [-0.2, 0) is 38.0 Å². The number of hydrogen-bond donors (Lipinski definition) is 4. The summed E-state index contributed by atoms with van der Waals surface area (Å²) in [6.45, 7) is 14.5. The molecule has 0 bridgehead atoms. The van der Waals surface area contributed by atoms with E-state index in [1.165, 1.54) is 9.36 Å². The third kappa shape index (κ3) is 7.60. The number of carbonyl (C=O) groups excluding carboxylic acids is 4. The van der Waals surface area contributed by atoms with Gasteiger partial charge in [-0.2, -0.15) is 10.2 Å². The van der Waals surface area contributed by atoms with Crippen molar-refractivity contribution in [1.82, 2.24) is 38.7 Å². The van der Waals surface area contributed by atoms with Crippen LogP contribution in [0.1, 0.15) is 100 Å². The molecule has 286 valence electrons. The topological polar surface area (TPSA) is 216 Å². The second kappa shape index (κ2) is 14.0. The molecule has 0 saturated carbocycles. The van der Waals surface area contributed by atoms with E-state index in [-0.39, 0.29) is 41.4 Å². The fourth-order valence-electron chi connectivity index (χ4n) is 6.24. The molecular formula is C39H46N12O4. The van der Waals surface area contributed by atoms with E-state index in [0.717, 1.165) is 17.0 Å². The molecule has 0 aliphatic carbocycles. The first kappa shape index (κ1) is 38.2. The smallest absolute Gasteiger partial charge is 0.276 e. The summed E-state index contributed by atoms with van der Waals surface area (Å²) in [6.07, 6.45) is 3.79. The molecule has 2 aromatic carbocycles. The Labute approximate surface area is 317 Å². The first-order valence-corrected chi connectivity index (χ1v) is 17.7. The molecular weight excluding hydrogens is 701 g/mol. The SMILES string of the molecule is Cc1cc(C(N)=O)cc2nc(NC(=O)c3cc(C(C)(C)C)nn3C)n(C/C=C/Cn3c(NC(=O)c4cc(C(C)(C)C)nn4C)nc4cc(C(N)=O)ccc43)c12. The van der Waals surface area contributed by atoms with Crippen LogP contribution in [0.3, 0.4) is 0 Å². The predicted octanol–water partition coefficient (Wildman–Crippen LogP) is 4.72. The molecule has 0 fully saturated rings. The van der Waals surface area contributed by atoms with E-state index in [0.29, 0.717) is 39.0 Å². The highest BCUT2D eigenvalue weighted by molar-refractivity contribution is 6.05. The molecule has 6 N–H and O–H groups in total. The minimum absolute atomic E-state index is 0.256. The van der Waals surface area contributed by atoms with Gasteiger partial charge in [0.15, 0.2) is 0 Å². The van der Waals surface area contributed by atoms with Crippen LogP contribution in [0.4, 0.5) is 11.9 Å². The van der Waals surface area contributed by atoms with Crippen LogP contribution in [0.2, 0.25) is 0 Å². The zero-order valence-corrected chi connectivity index (χ0v) is 32.5. The lowest BCUT2D eigenvalue weighted by Gasteiger charge is -2.13. The standard InChI is InChI=1S/C39H46N12O4/c1-21-16-23(33(41)53)18-25-31(21)51(37(43-25)45-35(55)28-20-30(39(5,6)7)47-49(28)9)15-11-10-14-50-26-13-12-22(32(40)52)17-24(26)42-36(50)44-34(54)27-19-29(38(2,3)4)46-48(27)8/h10-13,16-20H,14-15H2,1-9H3,(H2,40,52)(H2,41,53)(H,42,44,54)(H,43,45,55)/b11-10+. The van der Waals surface area contributed by atoms with Gasteiger partial charge in [0.2, 0.25) is 23.7 Å². The van der Waals surface area contributed by atoms with Crippen LogP contribution in [-0.4, -0.2) is 62.3 Å². The number of amides is 4. The monoisotopic (exact) mass is 746 g/mol. The molecule has 0 atom stereocenters. The maximum atomic E-state index is 13.6. The fraction of sp³-hybridized carbons (Fsp3) is 0.333. The summed E-state index contributed by atoms with van der Waals surface area (Å²) in [7, 11) is 3.42. The Morgan fingerprint density at radius 3 is 1.64 bits per heavy atom. The van der Waals surface area contributed by atoms with Crippen molar-refractivity contribution in [3.8, 4) is 0 Å². The highest BCUT2D eigenvalue weighted by Crippen LogP contribution is 2.28. The van der Waals surface area contributed by atoms with Gasteiger partial charge in [0.05, 0.1) is 33.5 Å². The van der Waals surface area contributed by atoms with Gasteiger partial charge in [-0.25, -0.2) is 9.97 Å². The van der Waals surface area contributed by atoms with E-state index in [1.54, 1.807) is 56.6 Å². The Hall–Kier alpha value is -6.58. The molecule has 0 radical (unpaired) electrons. The summed E-state index contributed by atoms with van der Waals surface area (Å²) in [5.41, 5.74) is 16.5. The van der Waals surface area contributed by atoms with Crippen LogP contribution in [0.15, 0.2) is 54.6 Å². The molecule has 6 aromatic rings. The zero-order valence-electron chi connectivity index (χ0n) is 32.5. The van der Waals surface area contributed by atoms with Crippen LogP contribution < -0.4 is 22.1 Å². The number of fused-ring (bicyclic) bond motifs is 2. The maximum absolute atomic E-state index is 13.6. The van der Waals surface area contributed by atoms with Crippen molar-refractivity contribution in [1.29, 1.82) is 0 Å². The number of primary amides is 2. The molecule has 4 heterocycles. The molecule has 16 heteroatoms. The summed E-state index contributed by atoms with van der Waals surface area (Å²) < 4.78 is 6.72. The van der Waals surface area contributed by atoms with Gasteiger partial charge in [0.1, 0.15) is 11.4 Å². The molecule has 0 aliphatic heterocycles. The van der Waals surface area contributed by atoms with Gasteiger partial charge in [-0.15, -0.1) is 0 Å². The molecule has 4 aromatic heterocycles. The Bertz CT molecular complexity index is 2550. The number of imidazole rings is 2. The lowest BCUT2D eigenvalue weighted by molar-refractivity contribution is 0.0992. The number of aromatic nitrogens is 8. The first-order valence-electron chi connectivity index (χ1n) is 17.7.